The zero-order valence-electron chi connectivity index (χ0n) is 22.5. The molecule has 0 aliphatic rings. The lowest BCUT2D eigenvalue weighted by atomic mass is 9.73. The first-order valence-electron chi connectivity index (χ1n) is 14.4. The number of hydrogen-bond donors (Lipinski definition) is 0. The Labute approximate surface area is 206 Å². The summed E-state index contributed by atoms with van der Waals surface area (Å²) in [5.74, 6) is 0.312. The zero-order chi connectivity index (χ0) is 23.9. The Balaban J connectivity index is 3.96. The molecule has 2 nitrogen and oxygen atoms in total. The van der Waals surface area contributed by atoms with Gasteiger partial charge >= 0.3 is 10.5 Å². The van der Waals surface area contributed by atoms with Gasteiger partial charge in [-0.3, -0.25) is 4.79 Å². The molecule has 0 aliphatic carbocycles. The molecule has 0 N–H and O–H groups in total. The van der Waals surface area contributed by atoms with E-state index in [4.69, 9.17) is 4.43 Å². The number of unbranched alkanes of at least 4 members (excludes halogenated alkanes) is 18. The molecule has 0 saturated carbocycles. The van der Waals surface area contributed by atoms with Gasteiger partial charge < -0.3 is 4.43 Å². The highest BCUT2D eigenvalue weighted by Gasteiger charge is 2.36. The van der Waals surface area contributed by atoms with E-state index in [1.165, 1.54) is 128 Å². The first-order chi connectivity index (χ1) is 15.5. The second kappa shape index (κ2) is 22.5. The van der Waals surface area contributed by atoms with Crippen LogP contribution in [0.25, 0.3) is 0 Å². The average Bonchev–Trinajstić information content (AvgIpc) is 2.79. The summed E-state index contributed by atoms with van der Waals surface area (Å²) >= 11 is 0. The summed E-state index contributed by atoms with van der Waals surface area (Å²) in [5.41, 5.74) is -0.402. The van der Waals surface area contributed by atoms with Crippen LogP contribution in [-0.2, 0) is 9.22 Å². The van der Waals surface area contributed by atoms with Crippen LogP contribution in [-0.4, -0.2) is 16.5 Å². The molecule has 0 saturated heterocycles. The van der Waals surface area contributed by atoms with Crippen molar-refractivity contribution in [3.8, 4) is 0 Å². The summed E-state index contributed by atoms with van der Waals surface area (Å²) in [6.07, 6.45) is 29.6. The normalized spacial score (nSPS) is 12.8. The van der Waals surface area contributed by atoms with E-state index in [9.17, 15) is 4.79 Å². The maximum absolute atomic E-state index is 12.3. The molecule has 0 fully saturated rings. The van der Waals surface area contributed by atoms with E-state index in [1.54, 1.807) is 0 Å². The quantitative estimate of drug-likeness (QED) is 0.105. The van der Waals surface area contributed by atoms with Crippen molar-refractivity contribution in [1.29, 1.82) is 0 Å². The van der Waals surface area contributed by atoms with E-state index in [2.05, 4.69) is 38.2 Å². The van der Waals surface area contributed by atoms with Gasteiger partial charge in [0.05, 0.1) is 5.41 Å². The minimum atomic E-state index is -0.402. The second-order valence-corrected chi connectivity index (χ2v) is 11.0. The number of carbonyl (C=O) groups excluding carboxylic acids is 1. The molecule has 1 atom stereocenters. The summed E-state index contributed by atoms with van der Waals surface area (Å²) in [6, 6.07) is 0. The lowest BCUT2D eigenvalue weighted by Gasteiger charge is -2.32. The van der Waals surface area contributed by atoms with Crippen LogP contribution in [0.4, 0.5) is 0 Å². The highest BCUT2D eigenvalue weighted by Crippen LogP contribution is 2.36. The van der Waals surface area contributed by atoms with Gasteiger partial charge in [-0.25, -0.2) is 0 Å². The summed E-state index contributed by atoms with van der Waals surface area (Å²) in [4.78, 5) is 12.3. The van der Waals surface area contributed by atoms with Crippen LogP contribution in [0.2, 0.25) is 0 Å². The van der Waals surface area contributed by atoms with Crippen molar-refractivity contribution in [1.82, 2.24) is 0 Å². The molecule has 0 spiro atoms. The van der Waals surface area contributed by atoms with Crippen LogP contribution in [0.1, 0.15) is 169 Å². The van der Waals surface area contributed by atoms with Crippen molar-refractivity contribution in [3.63, 3.8) is 0 Å². The zero-order valence-corrected chi connectivity index (χ0v) is 23.5. The summed E-state index contributed by atoms with van der Waals surface area (Å²) in [6.45, 7) is 8.70. The van der Waals surface area contributed by atoms with Gasteiger partial charge in [-0.15, -0.1) is 0 Å². The Hall–Kier alpha value is -0.313. The van der Waals surface area contributed by atoms with Crippen LogP contribution in [0.3, 0.4) is 0 Å². The van der Waals surface area contributed by atoms with Crippen LogP contribution in [0, 0.1) is 11.3 Å². The standard InChI is InChI=1S/C29H57O2Si/c1-5-7-9-11-13-14-15-16-17-18-20-22-24-26-27(29(3,4)28(30)31-32)25-23-21-19-12-10-8-6-2/h27H,5-26H2,1-4H3. The molecule has 3 heteroatoms. The fourth-order valence-corrected chi connectivity index (χ4v) is 5.18. The summed E-state index contributed by atoms with van der Waals surface area (Å²) < 4.78 is 4.95. The average molecular weight is 466 g/mol. The Morgan fingerprint density at radius 3 is 1.16 bits per heavy atom. The van der Waals surface area contributed by atoms with Gasteiger partial charge in [-0.05, 0) is 32.6 Å². The number of carbonyl (C=O) groups is 1. The summed E-state index contributed by atoms with van der Waals surface area (Å²) in [5, 5.41) is 0. The predicted molar refractivity (Wildman–Crippen MR) is 142 cm³/mol. The van der Waals surface area contributed by atoms with Crippen molar-refractivity contribution in [2.24, 2.45) is 11.3 Å². The third-order valence-corrected chi connectivity index (χ3v) is 7.64. The molecule has 0 amide bonds. The van der Waals surface area contributed by atoms with Crippen LogP contribution < -0.4 is 0 Å². The van der Waals surface area contributed by atoms with E-state index >= 15 is 0 Å². The molecule has 0 rings (SSSR count). The van der Waals surface area contributed by atoms with Crippen molar-refractivity contribution in [2.45, 2.75) is 169 Å². The minimum absolute atomic E-state index is 0.114. The maximum Gasteiger partial charge on any atom is 0.345 e. The SMILES string of the molecule is CCCCCCCCCCCCCCCC(CCCCCCCCC)C(C)(C)C(=O)O[Si]. The predicted octanol–water partition coefficient (Wildman–Crippen LogP) is 9.88. The Morgan fingerprint density at radius 1 is 0.594 bits per heavy atom. The van der Waals surface area contributed by atoms with Crippen LogP contribution in [0.5, 0.6) is 0 Å². The van der Waals surface area contributed by atoms with Gasteiger partial charge in [-0.1, -0.05) is 142 Å². The van der Waals surface area contributed by atoms with E-state index in [1.807, 2.05) is 0 Å². The van der Waals surface area contributed by atoms with Crippen LogP contribution >= 0.6 is 0 Å². The Morgan fingerprint density at radius 2 is 0.875 bits per heavy atom. The topological polar surface area (TPSA) is 26.3 Å². The smallest absolute Gasteiger partial charge is 0.345 e. The monoisotopic (exact) mass is 465 g/mol. The molecule has 0 aromatic rings. The molecule has 0 aromatic carbocycles. The van der Waals surface area contributed by atoms with Gasteiger partial charge in [0.2, 0.25) is 0 Å². The molecule has 0 aliphatic heterocycles. The third-order valence-electron chi connectivity index (χ3n) is 7.45. The maximum atomic E-state index is 12.3. The van der Waals surface area contributed by atoms with E-state index in [0.29, 0.717) is 5.92 Å². The van der Waals surface area contributed by atoms with E-state index in [0.717, 1.165) is 12.8 Å². The highest BCUT2D eigenvalue weighted by molar-refractivity contribution is 6.06. The molecule has 3 radical (unpaired) electrons. The molecular formula is C29H57O2Si. The Kier molecular flexibility index (Phi) is 22.3. The lowest BCUT2D eigenvalue weighted by molar-refractivity contribution is -0.147. The highest BCUT2D eigenvalue weighted by atomic mass is 28.2. The van der Waals surface area contributed by atoms with Crippen molar-refractivity contribution < 1.29 is 9.22 Å². The molecular weight excluding hydrogens is 408 g/mol. The summed E-state index contributed by atoms with van der Waals surface area (Å²) in [7, 11) is 2.98. The van der Waals surface area contributed by atoms with Gasteiger partial charge in [0.25, 0.3) is 5.97 Å². The van der Waals surface area contributed by atoms with Crippen molar-refractivity contribution >= 4 is 16.5 Å². The van der Waals surface area contributed by atoms with Gasteiger partial charge in [0, 0.05) is 0 Å². The minimum Gasteiger partial charge on any atom is -0.516 e. The van der Waals surface area contributed by atoms with Gasteiger partial charge in [0.15, 0.2) is 0 Å². The molecule has 0 heterocycles. The number of hydrogen-bond acceptors (Lipinski definition) is 2. The van der Waals surface area contributed by atoms with Gasteiger partial charge in [-0.2, -0.15) is 0 Å². The second-order valence-electron chi connectivity index (χ2n) is 10.7. The largest absolute Gasteiger partial charge is 0.516 e. The molecule has 1 unspecified atom stereocenters. The Bertz CT molecular complexity index is 408. The third kappa shape index (κ3) is 17.2. The fourth-order valence-electron chi connectivity index (χ4n) is 4.92. The first-order valence-corrected chi connectivity index (χ1v) is 14.8. The van der Waals surface area contributed by atoms with Crippen molar-refractivity contribution in [3.05, 3.63) is 0 Å². The van der Waals surface area contributed by atoms with E-state index < -0.39 is 5.41 Å². The van der Waals surface area contributed by atoms with Gasteiger partial charge in [0.1, 0.15) is 0 Å². The molecule has 0 aromatic heterocycles. The lowest BCUT2D eigenvalue weighted by Crippen LogP contribution is -2.34. The van der Waals surface area contributed by atoms with E-state index in [-0.39, 0.29) is 5.97 Å². The molecule has 189 valence electrons. The first kappa shape index (κ1) is 31.7. The molecule has 32 heavy (non-hydrogen) atoms. The number of rotatable bonds is 24. The van der Waals surface area contributed by atoms with Crippen molar-refractivity contribution in [2.75, 3.05) is 0 Å². The molecule has 0 bridgehead atoms. The fraction of sp³-hybridized carbons (Fsp3) is 0.966. The van der Waals surface area contributed by atoms with Crippen LogP contribution in [0.15, 0.2) is 0 Å².